The first-order chi connectivity index (χ1) is 10.2. The highest BCUT2D eigenvalue weighted by Crippen LogP contribution is 2.27. The van der Waals surface area contributed by atoms with Gasteiger partial charge in [0.25, 0.3) is 0 Å². The summed E-state index contributed by atoms with van der Waals surface area (Å²) in [7, 11) is 4.08. The Morgan fingerprint density at radius 2 is 1.59 bits per heavy atom. The van der Waals surface area contributed by atoms with Gasteiger partial charge in [-0.15, -0.1) is 0 Å². The molecule has 22 heavy (non-hydrogen) atoms. The monoisotopic (exact) mass is 298 g/mol. The van der Waals surface area contributed by atoms with Crippen molar-refractivity contribution in [3.63, 3.8) is 0 Å². The molecule has 0 aliphatic heterocycles. The number of nitrogens with one attached hydrogen (secondary N) is 1. The minimum absolute atomic E-state index is 0.177. The predicted molar refractivity (Wildman–Crippen MR) is 95.6 cm³/mol. The highest BCUT2D eigenvalue weighted by Gasteiger charge is 2.12. The molecule has 0 unspecified atom stereocenters. The number of anilines is 3. The van der Waals surface area contributed by atoms with Crippen LogP contribution in [0.1, 0.15) is 26.3 Å². The smallest absolute Gasteiger partial charge is 0.120 e. The van der Waals surface area contributed by atoms with Crippen molar-refractivity contribution >= 4 is 17.1 Å². The zero-order valence-electron chi connectivity index (χ0n) is 14.4. The summed E-state index contributed by atoms with van der Waals surface area (Å²) in [6.45, 7) is 8.26. The summed E-state index contributed by atoms with van der Waals surface area (Å²) in [5.41, 5.74) is 4.36. The molecule has 3 heteroatoms. The minimum Gasteiger partial charge on any atom is -0.488 e. The Morgan fingerprint density at radius 1 is 0.955 bits per heavy atom. The van der Waals surface area contributed by atoms with Crippen molar-refractivity contribution in [3.8, 4) is 5.75 Å². The molecule has 3 nitrogen and oxygen atoms in total. The molecule has 0 aromatic heterocycles. The maximum Gasteiger partial charge on any atom is 0.120 e. The molecule has 0 fully saturated rings. The Bertz CT molecular complexity index is 625. The third kappa shape index (κ3) is 4.42. The number of hydrogen-bond donors (Lipinski definition) is 1. The maximum atomic E-state index is 5.90. The molecule has 0 aliphatic rings. The summed E-state index contributed by atoms with van der Waals surface area (Å²) >= 11 is 0. The Labute approximate surface area is 133 Å². The topological polar surface area (TPSA) is 24.5 Å². The lowest BCUT2D eigenvalue weighted by molar-refractivity contribution is 0.131. The standard InChI is InChI=1S/C19H26N2O/c1-14-13-17(22-19(2,3)4)11-12-18(14)20-15-7-9-16(10-8-15)21(5)6/h7-13,20H,1-6H3. The van der Waals surface area contributed by atoms with E-state index >= 15 is 0 Å². The molecule has 0 saturated carbocycles. The van der Waals surface area contributed by atoms with E-state index in [2.05, 4.69) is 74.3 Å². The third-order valence-corrected chi connectivity index (χ3v) is 3.28. The third-order valence-electron chi connectivity index (χ3n) is 3.28. The van der Waals surface area contributed by atoms with Crippen molar-refractivity contribution < 1.29 is 4.74 Å². The molecule has 0 saturated heterocycles. The van der Waals surface area contributed by atoms with Crippen LogP contribution in [-0.4, -0.2) is 19.7 Å². The minimum atomic E-state index is -0.177. The van der Waals surface area contributed by atoms with Crippen molar-refractivity contribution in [1.29, 1.82) is 0 Å². The van der Waals surface area contributed by atoms with Gasteiger partial charge < -0.3 is 15.0 Å². The van der Waals surface area contributed by atoms with E-state index in [9.17, 15) is 0 Å². The summed E-state index contributed by atoms with van der Waals surface area (Å²) < 4.78 is 5.90. The quantitative estimate of drug-likeness (QED) is 0.861. The van der Waals surface area contributed by atoms with E-state index in [0.29, 0.717) is 0 Å². The molecule has 0 radical (unpaired) electrons. The van der Waals surface area contributed by atoms with Crippen LogP contribution in [-0.2, 0) is 0 Å². The van der Waals surface area contributed by atoms with Gasteiger partial charge in [0.05, 0.1) is 0 Å². The lowest BCUT2D eigenvalue weighted by atomic mass is 10.1. The van der Waals surface area contributed by atoms with Gasteiger partial charge in [0, 0.05) is 31.2 Å². The Morgan fingerprint density at radius 3 is 2.09 bits per heavy atom. The molecule has 1 N–H and O–H groups in total. The molecule has 2 aromatic rings. The van der Waals surface area contributed by atoms with E-state index < -0.39 is 0 Å². The van der Waals surface area contributed by atoms with Crippen molar-refractivity contribution in [2.75, 3.05) is 24.3 Å². The molecular formula is C19H26N2O. The molecule has 0 bridgehead atoms. The molecule has 2 rings (SSSR count). The van der Waals surface area contributed by atoms with E-state index in [1.165, 1.54) is 11.3 Å². The normalized spacial score (nSPS) is 11.2. The summed E-state index contributed by atoms with van der Waals surface area (Å²) in [5, 5.41) is 3.45. The summed E-state index contributed by atoms with van der Waals surface area (Å²) in [4.78, 5) is 2.09. The van der Waals surface area contributed by atoms with Crippen LogP contribution in [0, 0.1) is 6.92 Å². The lowest BCUT2D eigenvalue weighted by Gasteiger charge is -2.22. The SMILES string of the molecule is Cc1cc(OC(C)(C)C)ccc1Nc1ccc(N(C)C)cc1. The average molecular weight is 298 g/mol. The first kappa shape index (κ1) is 16.2. The lowest BCUT2D eigenvalue weighted by Crippen LogP contribution is -2.22. The molecule has 0 aliphatic carbocycles. The zero-order valence-corrected chi connectivity index (χ0v) is 14.4. The molecule has 118 valence electrons. The number of hydrogen-bond acceptors (Lipinski definition) is 3. The van der Waals surface area contributed by atoms with E-state index in [1.807, 2.05) is 20.2 Å². The molecule has 0 atom stereocenters. The van der Waals surface area contributed by atoms with E-state index in [-0.39, 0.29) is 5.60 Å². The number of benzene rings is 2. The summed E-state index contributed by atoms with van der Waals surface area (Å²) in [6, 6.07) is 14.5. The largest absolute Gasteiger partial charge is 0.488 e. The molecule has 0 amide bonds. The van der Waals surface area contributed by atoms with Crippen LogP contribution in [0.3, 0.4) is 0 Å². The van der Waals surface area contributed by atoms with Crippen molar-refractivity contribution in [2.45, 2.75) is 33.3 Å². The van der Waals surface area contributed by atoms with Gasteiger partial charge in [-0.3, -0.25) is 0 Å². The predicted octanol–water partition coefficient (Wildman–Crippen LogP) is 4.98. The first-order valence-corrected chi connectivity index (χ1v) is 7.59. The number of nitrogens with zero attached hydrogens (tertiary/aromatic N) is 1. The highest BCUT2D eigenvalue weighted by molar-refractivity contribution is 5.66. The summed E-state index contributed by atoms with van der Waals surface area (Å²) in [6.07, 6.45) is 0. The summed E-state index contributed by atoms with van der Waals surface area (Å²) in [5.74, 6) is 0.901. The van der Waals surface area contributed by atoms with E-state index in [0.717, 1.165) is 17.1 Å². The van der Waals surface area contributed by atoms with Gasteiger partial charge in [-0.25, -0.2) is 0 Å². The Kier molecular flexibility index (Phi) is 4.65. The second kappa shape index (κ2) is 6.30. The van der Waals surface area contributed by atoms with Gasteiger partial charge in [0.15, 0.2) is 0 Å². The van der Waals surface area contributed by atoms with Gasteiger partial charge in [0.1, 0.15) is 11.4 Å². The van der Waals surface area contributed by atoms with Gasteiger partial charge in [0.2, 0.25) is 0 Å². The zero-order chi connectivity index (χ0) is 16.3. The van der Waals surface area contributed by atoms with Gasteiger partial charge in [-0.2, -0.15) is 0 Å². The van der Waals surface area contributed by atoms with Crippen LogP contribution in [0.2, 0.25) is 0 Å². The molecule has 0 spiro atoms. The molecule has 0 heterocycles. The average Bonchev–Trinajstić information content (AvgIpc) is 2.40. The molecular weight excluding hydrogens is 272 g/mol. The number of rotatable bonds is 4. The first-order valence-electron chi connectivity index (χ1n) is 7.59. The second-order valence-corrected chi connectivity index (χ2v) is 6.76. The molecule has 2 aromatic carbocycles. The van der Waals surface area contributed by atoms with E-state index in [4.69, 9.17) is 4.74 Å². The van der Waals surface area contributed by atoms with Crippen LogP contribution in [0.15, 0.2) is 42.5 Å². The fourth-order valence-corrected chi connectivity index (χ4v) is 2.19. The van der Waals surface area contributed by atoms with Crippen LogP contribution >= 0.6 is 0 Å². The van der Waals surface area contributed by atoms with Crippen LogP contribution in [0.4, 0.5) is 17.1 Å². The van der Waals surface area contributed by atoms with Crippen LogP contribution in [0.5, 0.6) is 5.75 Å². The number of ether oxygens (including phenoxy) is 1. The maximum absolute atomic E-state index is 5.90. The van der Waals surface area contributed by atoms with E-state index in [1.54, 1.807) is 0 Å². The Hall–Kier alpha value is -2.16. The number of aryl methyl sites for hydroxylation is 1. The Balaban J connectivity index is 2.13. The fraction of sp³-hybridized carbons (Fsp3) is 0.368. The van der Waals surface area contributed by atoms with Gasteiger partial charge >= 0.3 is 0 Å². The highest BCUT2D eigenvalue weighted by atomic mass is 16.5. The van der Waals surface area contributed by atoms with Crippen molar-refractivity contribution in [1.82, 2.24) is 0 Å². The second-order valence-electron chi connectivity index (χ2n) is 6.76. The van der Waals surface area contributed by atoms with Crippen molar-refractivity contribution in [2.24, 2.45) is 0 Å². The van der Waals surface area contributed by atoms with Crippen LogP contribution < -0.4 is 15.0 Å². The van der Waals surface area contributed by atoms with Crippen LogP contribution in [0.25, 0.3) is 0 Å². The fourth-order valence-electron chi connectivity index (χ4n) is 2.19. The van der Waals surface area contributed by atoms with Crippen molar-refractivity contribution in [3.05, 3.63) is 48.0 Å². The van der Waals surface area contributed by atoms with Gasteiger partial charge in [-0.1, -0.05) is 0 Å². The van der Waals surface area contributed by atoms with Gasteiger partial charge in [-0.05, 0) is 75.7 Å².